The van der Waals surface area contributed by atoms with Crippen LogP contribution in [0.25, 0.3) is 11.1 Å². The Morgan fingerprint density at radius 2 is 1.17 bits per heavy atom. The summed E-state index contributed by atoms with van der Waals surface area (Å²) in [5, 5.41) is 0. The Kier molecular flexibility index (Phi) is 22.0. The molecule has 63 heavy (non-hydrogen) atoms. The fraction of sp³-hybridized carbons (Fsp3) is 0.532. The minimum atomic E-state index is -1.82. The van der Waals surface area contributed by atoms with E-state index in [0.717, 1.165) is 31.2 Å². The molecule has 0 unspecified atom stereocenters. The van der Waals surface area contributed by atoms with Gasteiger partial charge in [-0.2, -0.15) is 0 Å². The second-order valence-corrected chi connectivity index (χ2v) is 15.7. The lowest BCUT2D eigenvalue weighted by Gasteiger charge is -2.31. The molecule has 0 atom stereocenters. The summed E-state index contributed by atoms with van der Waals surface area (Å²) < 4.78 is 63.0. The second-order valence-electron chi connectivity index (χ2n) is 15.7. The van der Waals surface area contributed by atoms with Crippen molar-refractivity contribution in [2.24, 2.45) is 11.3 Å². The van der Waals surface area contributed by atoms with E-state index >= 15 is 4.39 Å². The van der Waals surface area contributed by atoms with Crippen molar-refractivity contribution in [3.05, 3.63) is 72.1 Å². The zero-order chi connectivity index (χ0) is 46.4. The third kappa shape index (κ3) is 17.2. The standard InChI is InChI=1S/C47H61FO15/c1-8-9-10-11-12-33-13-15-34(16-14-33)35-17-19-37(39(48)25-35)38-20-18-36(26-40(38)63-42(50)32(4)5)59-27-47(28-60-41(49)31(2)3,29-61-45(53)43(51)57-23-21-55-6)30-62-46(54)44(52)58-24-22-56-7/h17-20,25-26,33-34H,2,4,8-16,21-24,27-30H2,1,3,5-7H3. The number of carbonyl (C=O) groups excluding carboxylic acids is 6. The summed E-state index contributed by atoms with van der Waals surface area (Å²) in [6.45, 7) is 8.82. The molecule has 0 aromatic heterocycles. The zero-order valence-electron chi connectivity index (χ0n) is 37.1. The topological polar surface area (TPSA) is 185 Å². The predicted octanol–water partition coefficient (Wildman–Crippen LogP) is 7.17. The quantitative estimate of drug-likeness (QED) is 0.0244. The molecule has 2 aromatic carbocycles. The van der Waals surface area contributed by atoms with E-state index in [2.05, 4.69) is 20.1 Å². The average molecular weight is 885 g/mol. The molecule has 15 nitrogen and oxygen atoms in total. The van der Waals surface area contributed by atoms with Crippen molar-refractivity contribution in [2.75, 3.05) is 67.1 Å². The second kappa shape index (κ2) is 26.8. The first-order chi connectivity index (χ1) is 30.1. The number of unbranched alkanes of at least 4 members (excludes halogenated alkanes) is 3. The van der Waals surface area contributed by atoms with Crippen molar-refractivity contribution in [3.63, 3.8) is 0 Å². The third-order valence-corrected chi connectivity index (χ3v) is 10.4. The number of rotatable bonds is 25. The maximum atomic E-state index is 16.1. The lowest BCUT2D eigenvalue weighted by Crippen LogP contribution is -2.45. The highest BCUT2D eigenvalue weighted by Gasteiger charge is 2.39. The molecule has 0 bridgehead atoms. The van der Waals surface area contributed by atoms with Crippen LogP contribution in [0, 0.1) is 17.2 Å². The van der Waals surface area contributed by atoms with Crippen molar-refractivity contribution < 1.29 is 75.8 Å². The minimum absolute atomic E-state index is 0.00926. The van der Waals surface area contributed by atoms with Gasteiger partial charge < -0.3 is 42.6 Å². The van der Waals surface area contributed by atoms with Gasteiger partial charge in [-0.1, -0.05) is 64.3 Å². The van der Waals surface area contributed by atoms with Gasteiger partial charge in [0.2, 0.25) is 0 Å². The normalized spacial score (nSPS) is 14.8. The Hall–Kier alpha value is -5.61. The van der Waals surface area contributed by atoms with Gasteiger partial charge >= 0.3 is 35.8 Å². The third-order valence-electron chi connectivity index (χ3n) is 10.4. The van der Waals surface area contributed by atoms with Crippen molar-refractivity contribution in [3.8, 4) is 22.6 Å². The molecule has 16 heteroatoms. The molecule has 3 rings (SSSR count). The molecule has 0 radical (unpaired) electrons. The average Bonchev–Trinajstić information content (AvgIpc) is 3.27. The first kappa shape index (κ1) is 51.7. The van der Waals surface area contributed by atoms with Gasteiger partial charge in [-0.25, -0.2) is 33.2 Å². The van der Waals surface area contributed by atoms with E-state index in [9.17, 15) is 28.8 Å². The molecule has 0 aliphatic heterocycles. The van der Waals surface area contributed by atoms with Gasteiger partial charge in [-0.15, -0.1) is 0 Å². The first-order valence-corrected chi connectivity index (χ1v) is 21.1. The Morgan fingerprint density at radius 3 is 1.70 bits per heavy atom. The van der Waals surface area contributed by atoms with Crippen LogP contribution in [0.15, 0.2) is 60.7 Å². The molecule has 346 valence electrons. The first-order valence-electron chi connectivity index (χ1n) is 21.1. The maximum Gasteiger partial charge on any atom is 0.417 e. The predicted molar refractivity (Wildman–Crippen MR) is 227 cm³/mol. The van der Waals surface area contributed by atoms with Crippen molar-refractivity contribution in [1.29, 1.82) is 0 Å². The van der Waals surface area contributed by atoms with Gasteiger partial charge in [-0.05, 0) is 75.1 Å². The van der Waals surface area contributed by atoms with Crippen molar-refractivity contribution >= 4 is 35.8 Å². The Labute approximate surface area is 368 Å². The van der Waals surface area contributed by atoms with Gasteiger partial charge in [0.25, 0.3) is 0 Å². The molecular formula is C47H61FO15. The molecule has 0 spiro atoms. The Morgan fingerprint density at radius 1 is 0.635 bits per heavy atom. The fourth-order valence-electron chi connectivity index (χ4n) is 6.67. The molecule has 2 aromatic rings. The number of carbonyl (C=O) groups is 6. The summed E-state index contributed by atoms with van der Waals surface area (Å²) in [7, 11) is 2.72. The van der Waals surface area contributed by atoms with Gasteiger partial charge in [0, 0.05) is 42.6 Å². The zero-order valence-corrected chi connectivity index (χ0v) is 37.1. The highest BCUT2D eigenvalue weighted by molar-refractivity contribution is 6.30. The monoisotopic (exact) mass is 884 g/mol. The summed E-state index contributed by atoms with van der Waals surface area (Å²) >= 11 is 0. The van der Waals surface area contributed by atoms with Crippen LogP contribution in [0.3, 0.4) is 0 Å². The van der Waals surface area contributed by atoms with E-state index in [1.54, 1.807) is 6.07 Å². The lowest BCUT2D eigenvalue weighted by atomic mass is 9.77. The van der Waals surface area contributed by atoms with Crippen LogP contribution < -0.4 is 9.47 Å². The van der Waals surface area contributed by atoms with Gasteiger partial charge in [0.1, 0.15) is 62.4 Å². The summed E-state index contributed by atoms with van der Waals surface area (Å²) in [6, 6.07) is 9.32. The molecule has 0 N–H and O–H groups in total. The van der Waals surface area contributed by atoms with Crippen LogP contribution >= 0.6 is 0 Å². The Bertz CT molecular complexity index is 1860. The number of benzene rings is 2. The summed E-state index contributed by atoms with van der Waals surface area (Å²) in [5.74, 6) is -7.01. The fourth-order valence-corrected chi connectivity index (χ4v) is 6.67. The van der Waals surface area contributed by atoms with E-state index in [1.807, 2.05) is 6.07 Å². The molecule has 1 saturated carbocycles. The van der Waals surface area contributed by atoms with E-state index in [-0.39, 0.29) is 66.1 Å². The minimum Gasteiger partial charge on any atom is -0.492 e. The lowest BCUT2D eigenvalue weighted by molar-refractivity contribution is -0.179. The molecule has 0 saturated heterocycles. The molecule has 1 fully saturated rings. The number of ether oxygens (including phenoxy) is 9. The molecule has 1 aliphatic carbocycles. The van der Waals surface area contributed by atoms with Crippen LogP contribution in [0.4, 0.5) is 4.39 Å². The molecular weight excluding hydrogens is 823 g/mol. The van der Waals surface area contributed by atoms with E-state index in [4.69, 9.17) is 42.6 Å². The van der Waals surface area contributed by atoms with Crippen LogP contribution in [0.2, 0.25) is 0 Å². The highest BCUT2D eigenvalue weighted by Crippen LogP contribution is 2.41. The van der Waals surface area contributed by atoms with Gasteiger partial charge in [0.05, 0.1) is 13.2 Å². The molecule has 0 heterocycles. The van der Waals surface area contributed by atoms with Crippen LogP contribution in [0.1, 0.15) is 90.0 Å². The SMILES string of the molecule is C=C(C)C(=O)OCC(COC(=O)C(=O)OCCOC)(COC(=O)C(=O)OCCOC)COc1ccc(-c2ccc(C3CCC(CCCCCC)CC3)cc2F)c(OC(=O)C(=C)C)c1. The van der Waals surface area contributed by atoms with E-state index < -0.39 is 73.5 Å². The summed E-state index contributed by atoms with van der Waals surface area (Å²) in [6.07, 6.45) is 10.4. The largest absolute Gasteiger partial charge is 0.492 e. The number of halogens is 1. The van der Waals surface area contributed by atoms with Crippen LogP contribution in [0.5, 0.6) is 11.5 Å². The Balaban J connectivity index is 1.94. The van der Waals surface area contributed by atoms with Gasteiger partial charge in [-0.3, -0.25) is 0 Å². The number of esters is 6. The highest BCUT2D eigenvalue weighted by atomic mass is 19.1. The number of hydrogen-bond acceptors (Lipinski definition) is 15. The molecule has 1 aliphatic rings. The van der Waals surface area contributed by atoms with E-state index in [0.29, 0.717) is 5.92 Å². The summed E-state index contributed by atoms with van der Waals surface area (Å²) in [5.41, 5.74) is -0.485. The van der Waals surface area contributed by atoms with Gasteiger partial charge in [0.15, 0.2) is 0 Å². The van der Waals surface area contributed by atoms with Crippen LogP contribution in [-0.4, -0.2) is 103 Å². The smallest absolute Gasteiger partial charge is 0.417 e. The number of methoxy groups -OCH3 is 2. The van der Waals surface area contributed by atoms with E-state index in [1.165, 1.54) is 84.4 Å². The van der Waals surface area contributed by atoms with Crippen LogP contribution in [-0.2, 0) is 61.9 Å². The maximum absolute atomic E-state index is 16.1. The summed E-state index contributed by atoms with van der Waals surface area (Å²) in [4.78, 5) is 75.5. The van der Waals surface area contributed by atoms with Crippen molar-refractivity contribution in [1.82, 2.24) is 0 Å². The molecule has 0 amide bonds. The van der Waals surface area contributed by atoms with Crippen molar-refractivity contribution in [2.45, 2.75) is 84.5 Å². The number of hydrogen-bond donors (Lipinski definition) is 0.